The van der Waals surface area contributed by atoms with E-state index in [1.165, 1.54) is 15.6 Å². The normalized spacial score (nSPS) is 12.6. The van der Waals surface area contributed by atoms with Crippen LogP contribution in [0.1, 0.15) is 4.88 Å². The predicted molar refractivity (Wildman–Crippen MR) is 75.4 cm³/mol. The Kier molecular flexibility index (Phi) is 5.74. The maximum Gasteiger partial charge on any atom is 0.252 e. The van der Waals surface area contributed by atoms with Gasteiger partial charge in [-0.05, 0) is 39.2 Å². The number of nitrogens with zero attached hydrogens (tertiary/aromatic N) is 2. The molecule has 2 N–H and O–H groups in total. The lowest BCUT2D eigenvalue weighted by Crippen LogP contribution is -2.33. The Morgan fingerprint density at radius 1 is 1.22 bits per heavy atom. The summed E-state index contributed by atoms with van der Waals surface area (Å²) in [4.78, 5) is 2.97. The first-order valence-electron chi connectivity index (χ1n) is 5.77. The largest absolute Gasteiger partial charge is 0.330 e. The summed E-state index contributed by atoms with van der Waals surface area (Å²) in [5.74, 6) is 0. The molecule has 18 heavy (non-hydrogen) atoms. The number of hydrogen-bond acceptors (Lipinski definition) is 5. The average molecular weight is 291 g/mol. The van der Waals surface area contributed by atoms with Crippen molar-refractivity contribution in [3.63, 3.8) is 0 Å². The lowest BCUT2D eigenvalue weighted by Gasteiger charge is -2.18. The molecule has 0 aromatic carbocycles. The van der Waals surface area contributed by atoms with Gasteiger partial charge < -0.3 is 10.6 Å². The zero-order chi connectivity index (χ0) is 13.8. The van der Waals surface area contributed by atoms with Crippen molar-refractivity contribution in [1.29, 1.82) is 0 Å². The number of thiophene rings is 1. The van der Waals surface area contributed by atoms with Crippen molar-refractivity contribution in [1.82, 2.24) is 9.21 Å². The Hall–Kier alpha value is -0.470. The van der Waals surface area contributed by atoms with E-state index >= 15 is 0 Å². The molecule has 0 fully saturated rings. The van der Waals surface area contributed by atoms with E-state index in [0.717, 1.165) is 11.3 Å². The van der Waals surface area contributed by atoms with Crippen molar-refractivity contribution >= 4 is 21.4 Å². The van der Waals surface area contributed by atoms with Gasteiger partial charge in [0.1, 0.15) is 4.21 Å². The van der Waals surface area contributed by atoms with Crippen molar-refractivity contribution in [3.8, 4) is 0 Å². The predicted octanol–water partition coefficient (Wildman–Crippen LogP) is 0.431. The Morgan fingerprint density at radius 3 is 2.44 bits per heavy atom. The molecule has 1 rings (SSSR count). The molecule has 0 atom stereocenters. The minimum Gasteiger partial charge on any atom is -0.330 e. The maximum absolute atomic E-state index is 12.2. The van der Waals surface area contributed by atoms with E-state index in [0.29, 0.717) is 23.8 Å². The molecule has 0 saturated carbocycles. The SMILES string of the molecule is CN(C)CCN(C)S(=O)(=O)c1ccc(CCN)s1. The van der Waals surface area contributed by atoms with Crippen LogP contribution >= 0.6 is 11.3 Å². The molecule has 1 heterocycles. The molecule has 0 radical (unpaired) electrons. The number of hydrogen-bond donors (Lipinski definition) is 1. The Morgan fingerprint density at radius 2 is 1.89 bits per heavy atom. The van der Waals surface area contributed by atoms with E-state index in [1.807, 2.05) is 25.1 Å². The smallest absolute Gasteiger partial charge is 0.252 e. The van der Waals surface area contributed by atoms with Crippen LogP contribution in [0.2, 0.25) is 0 Å². The molecular weight excluding hydrogens is 270 g/mol. The fourth-order valence-corrected chi connectivity index (χ4v) is 4.13. The summed E-state index contributed by atoms with van der Waals surface area (Å²) in [6, 6.07) is 3.50. The van der Waals surface area contributed by atoms with Gasteiger partial charge >= 0.3 is 0 Å². The van der Waals surface area contributed by atoms with Gasteiger partial charge in [-0.1, -0.05) is 0 Å². The third-order valence-corrected chi connectivity index (χ3v) is 6.02. The molecule has 0 spiro atoms. The zero-order valence-electron chi connectivity index (χ0n) is 11.1. The minimum absolute atomic E-state index is 0.396. The first-order chi connectivity index (χ1) is 8.37. The number of likely N-dealkylation sites (N-methyl/N-ethyl adjacent to an activating group) is 2. The molecule has 0 bridgehead atoms. The third-order valence-electron chi connectivity index (χ3n) is 2.55. The highest BCUT2D eigenvalue weighted by atomic mass is 32.2. The first kappa shape index (κ1) is 15.6. The van der Waals surface area contributed by atoms with Gasteiger partial charge in [0, 0.05) is 25.0 Å². The monoisotopic (exact) mass is 291 g/mol. The van der Waals surface area contributed by atoms with Gasteiger partial charge in [0.2, 0.25) is 0 Å². The third kappa shape index (κ3) is 4.03. The van der Waals surface area contributed by atoms with Crippen LogP contribution in [0.4, 0.5) is 0 Å². The summed E-state index contributed by atoms with van der Waals surface area (Å²) in [5.41, 5.74) is 5.46. The summed E-state index contributed by atoms with van der Waals surface area (Å²) >= 11 is 1.30. The second-order valence-corrected chi connectivity index (χ2v) is 7.83. The van der Waals surface area contributed by atoms with Crippen LogP contribution in [-0.4, -0.2) is 58.4 Å². The molecule has 5 nitrogen and oxygen atoms in total. The summed E-state index contributed by atoms with van der Waals surface area (Å²) in [7, 11) is 2.11. The van der Waals surface area contributed by atoms with Crippen molar-refractivity contribution in [2.75, 3.05) is 40.8 Å². The van der Waals surface area contributed by atoms with Crippen molar-refractivity contribution < 1.29 is 8.42 Å². The molecule has 0 aliphatic rings. The van der Waals surface area contributed by atoms with Crippen LogP contribution in [0.3, 0.4) is 0 Å². The van der Waals surface area contributed by atoms with Gasteiger partial charge in [0.05, 0.1) is 0 Å². The molecule has 104 valence electrons. The van der Waals surface area contributed by atoms with Gasteiger partial charge in [-0.2, -0.15) is 4.31 Å². The fourth-order valence-electron chi connectivity index (χ4n) is 1.39. The second-order valence-electron chi connectivity index (χ2n) is 4.39. The van der Waals surface area contributed by atoms with Gasteiger partial charge in [0.25, 0.3) is 10.0 Å². The molecule has 1 aromatic rings. The molecular formula is C11H21N3O2S2. The molecule has 0 amide bonds. The Labute approximate surface area is 113 Å². The van der Waals surface area contributed by atoms with Crippen LogP contribution < -0.4 is 5.73 Å². The van der Waals surface area contributed by atoms with Gasteiger partial charge in [-0.25, -0.2) is 8.42 Å². The Balaban J connectivity index is 2.77. The molecule has 0 aliphatic carbocycles. The number of rotatable bonds is 7. The number of nitrogens with two attached hydrogens (primary N) is 1. The van der Waals surface area contributed by atoms with Crippen LogP contribution in [0, 0.1) is 0 Å². The molecule has 1 aromatic heterocycles. The zero-order valence-corrected chi connectivity index (χ0v) is 12.7. The summed E-state index contributed by atoms with van der Waals surface area (Å²) < 4.78 is 26.3. The number of sulfonamides is 1. The van der Waals surface area contributed by atoms with Crippen molar-refractivity contribution in [3.05, 3.63) is 17.0 Å². The Bertz CT molecular complexity index is 468. The van der Waals surface area contributed by atoms with E-state index < -0.39 is 10.0 Å². The van der Waals surface area contributed by atoms with Crippen molar-refractivity contribution in [2.45, 2.75) is 10.6 Å². The molecule has 0 saturated heterocycles. The van der Waals surface area contributed by atoms with Crippen molar-refractivity contribution in [2.24, 2.45) is 5.73 Å². The van der Waals surface area contributed by atoms with Gasteiger partial charge in [-0.15, -0.1) is 11.3 Å². The summed E-state index contributed by atoms with van der Waals surface area (Å²) in [6.45, 7) is 1.73. The standard InChI is InChI=1S/C11H21N3O2S2/c1-13(2)8-9-14(3)18(15,16)11-5-4-10(17-11)6-7-12/h4-5H,6-9,12H2,1-3H3. The fraction of sp³-hybridized carbons (Fsp3) is 0.636. The van der Waals surface area contributed by atoms with E-state index in [9.17, 15) is 8.42 Å². The molecule has 0 aliphatic heterocycles. The maximum atomic E-state index is 12.2. The van der Waals surface area contributed by atoms with E-state index in [4.69, 9.17) is 5.73 Å². The van der Waals surface area contributed by atoms with Crippen LogP contribution in [0.5, 0.6) is 0 Å². The van der Waals surface area contributed by atoms with E-state index in [-0.39, 0.29) is 0 Å². The highest BCUT2D eigenvalue weighted by molar-refractivity contribution is 7.91. The van der Waals surface area contributed by atoms with Gasteiger partial charge in [0.15, 0.2) is 0 Å². The highest BCUT2D eigenvalue weighted by Gasteiger charge is 2.22. The molecule has 0 unspecified atom stereocenters. The summed E-state index contributed by atoms with van der Waals surface area (Å²) in [6.07, 6.45) is 0.724. The average Bonchev–Trinajstić information content (AvgIpc) is 2.75. The lowest BCUT2D eigenvalue weighted by molar-refractivity contribution is 0.359. The van der Waals surface area contributed by atoms with E-state index in [2.05, 4.69) is 0 Å². The van der Waals surface area contributed by atoms with Gasteiger partial charge in [-0.3, -0.25) is 0 Å². The quantitative estimate of drug-likeness (QED) is 0.791. The van der Waals surface area contributed by atoms with Crippen LogP contribution in [0.15, 0.2) is 16.3 Å². The van der Waals surface area contributed by atoms with Crippen LogP contribution in [0.25, 0.3) is 0 Å². The summed E-state index contributed by atoms with van der Waals surface area (Å²) in [5, 5.41) is 0. The molecule has 7 heteroatoms. The highest BCUT2D eigenvalue weighted by Crippen LogP contribution is 2.24. The topological polar surface area (TPSA) is 66.6 Å². The first-order valence-corrected chi connectivity index (χ1v) is 8.03. The van der Waals surface area contributed by atoms with Crippen LogP contribution in [-0.2, 0) is 16.4 Å². The van der Waals surface area contributed by atoms with E-state index in [1.54, 1.807) is 13.1 Å². The second kappa shape index (κ2) is 6.63. The minimum atomic E-state index is -3.35. The lowest BCUT2D eigenvalue weighted by atomic mass is 10.3.